The molecule has 1 aromatic carbocycles. The summed E-state index contributed by atoms with van der Waals surface area (Å²) in [6.45, 7) is 0. The Balaban J connectivity index is 2.07. The molecule has 0 bridgehead atoms. The van der Waals surface area contributed by atoms with Gasteiger partial charge >= 0.3 is 0 Å². The number of H-pyrrole nitrogens is 1. The fourth-order valence-corrected chi connectivity index (χ4v) is 2.67. The van der Waals surface area contributed by atoms with Gasteiger partial charge in [0.05, 0.1) is 5.75 Å². The Hall–Kier alpha value is -2.39. The summed E-state index contributed by atoms with van der Waals surface area (Å²) >= 11 is 0. The summed E-state index contributed by atoms with van der Waals surface area (Å²) in [5.41, 5.74) is 6.99. The molecule has 0 fully saturated rings. The molecular weight excluding hydrogens is 322 g/mol. The Kier molecular flexibility index (Phi) is 5.02. The van der Waals surface area contributed by atoms with Gasteiger partial charge in [-0.05, 0) is 11.6 Å². The van der Waals surface area contributed by atoms with E-state index in [4.69, 9.17) is 10.3 Å². The largest absolute Gasteiger partial charge is 0.368 e. The lowest BCUT2D eigenvalue weighted by molar-refractivity contribution is -0.127. The van der Waals surface area contributed by atoms with Crippen LogP contribution in [0.1, 0.15) is 12.0 Å². The zero-order valence-electron chi connectivity index (χ0n) is 12.2. The van der Waals surface area contributed by atoms with Crippen LogP contribution in [-0.4, -0.2) is 41.6 Å². The predicted octanol–water partition coefficient (Wildman–Crippen LogP) is -0.0416. The van der Waals surface area contributed by atoms with E-state index in [1.165, 1.54) is 0 Å². The molecule has 2 aromatic rings. The number of aromatic amines is 1. The number of nitrogens with one attached hydrogen (secondary N) is 2. The lowest BCUT2D eigenvalue weighted by Crippen LogP contribution is -2.46. The number of carbonyl (C=O) groups excluding carboxylic acids is 2. The zero-order chi connectivity index (χ0) is 17.0. The highest BCUT2D eigenvalue weighted by Crippen LogP contribution is 2.19. The van der Waals surface area contributed by atoms with Crippen LogP contribution in [0, 0.1) is 0 Å². The van der Waals surface area contributed by atoms with Crippen molar-refractivity contribution in [1.29, 1.82) is 0 Å². The average Bonchev–Trinajstić information content (AvgIpc) is 2.87. The predicted molar refractivity (Wildman–Crippen MR) is 84.2 cm³/mol. The average molecular weight is 339 g/mol. The molecule has 0 aliphatic carbocycles. The number of benzene rings is 1. The van der Waals surface area contributed by atoms with Crippen molar-refractivity contribution in [2.75, 3.05) is 5.75 Å². The molecule has 2 amide bonds. The van der Waals surface area contributed by atoms with Gasteiger partial charge in [-0.2, -0.15) is 8.42 Å². The van der Waals surface area contributed by atoms with Crippen LogP contribution in [0.4, 0.5) is 0 Å². The Morgan fingerprint density at radius 1 is 1.30 bits per heavy atom. The fraction of sp³-hybridized carbons (Fsp3) is 0.286. The molecule has 0 aliphatic heterocycles. The molecule has 2 rings (SSSR count). The summed E-state index contributed by atoms with van der Waals surface area (Å²) < 4.78 is 29.9. The number of nitrogens with two attached hydrogens (primary N) is 1. The van der Waals surface area contributed by atoms with Crippen molar-refractivity contribution in [2.24, 2.45) is 5.73 Å². The summed E-state index contributed by atoms with van der Waals surface area (Å²) in [7, 11) is -4.24. The van der Waals surface area contributed by atoms with Gasteiger partial charge in [-0.15, -0.1) is 0 Å². The highest BCUT2D eigenvalue weighted by Gasteiger charge is 2.21. The number of hydrogen-bond donors (Lipinski definition) is 4. The number of primary amides is 1. The Bertz CT molecular complexity index is 828. The van der Waals surface area contributed by atoms with Crippen LogP contribution in [0.3, 0.4) is 0 Å². The number of fused-ring (bicyclic) bond motifs is 1. The van der Waals surface area contributed by atoms with Gasteiger partial charge in [0.2, 0.25) is 11.8 Å². The standard InChI is InChI=1S/C14H17N3O5S/c15-14(19)12(17-13(18)5-6-23(20,21)22)7-9-8-16-11-4-2-1-3-10(9)11/h1-4,8,12,16H,5-7H2,(H2,15,19)(H,17,18)(H,20,21,22)/t12-/m0/s1. The van der Waals surface area contributed by atoms with Crippen molar-refractivity contribution < 1.29 is 22.6 Å². The van der Waals surface area contributed by atoms with Gasteiger partial charge < -0.3 is 16.0 Å². The quantitative estimate of drug-likeness (QED) is 0.523. The minimum atomic E-state index is -4.24. The van der Waals surface area contributed by atoms with Gasteiger partial charge in [0, 0.05) is 29.9 Å². The van der Waals surface area contributed by atoms with E-state index in [9.17, 15) is 18.0 Å². The first-order valence-electron chi connectivity index (χ1n) is 6.85. The molecular formula is C14H17N3O5S. The molecule has 124 valence electrons. The fourth-order valence-electron chi connectivity index (χ4n) is 2.23. The molecule has 5 N–H and O–H groups in total. The molecule has 8 nitrogen and oxygen atoms in total. The number of amides is 2. The molecule has 0 spiro atoms. The van der Waals surface area contributed by atoms with E-state index in [2.05, 4.69) is 10.3 Å². The maximum Gasteiger partial charge on any atom is 0.265 e. The molecule has 0 aliphatic rings. The van der Waals surface area contributed by atoms with E-state index in [1.54, 1.807) is 6.20 Å². The van der Waals surface area contributed by atoms with E-state index in [0.29, 0.717) is 0 Å². The Morgan fingerprint density at radius 3 is 2.65 bits per heavy atom. The topological polar surface area (TPSA) is 142 Å². The number of aromatic nitrogens is 1. The molecule has 0 radical (unpaired) electrons. The molecule has 0 saturated heterocycles. The summed E-state index contributed by atoms with van der Waals surface area (Å²) in [5.74, 6) is -2.11. The van der Waals surface area contributed by atoms with Crippen molar-refractivity contribution >= 4 is 32.8 Å². The summed E-state index contributed by atoms with van der Waals surface area (Å²) in [6, 6.07) is 6.50. The van der Waals surface area contributed by atoms with Gasteiger partial charge in [-0.3, -0.25) is 14.1 Å². The van der Waals surface area contributed by atoms with Crippen LogP contribution in [0.2, 0.25) is 0 Å². The van der Waals surface area contributed by atoms with Gasteiger partial charge in [0.25, 0.3) is 10.1 Å². The van der Waals surface area contributed by atoms with Crippen molar-refractivity contribution in [3.05, 3.63) is 36.0 Å². The van der Waals surface area contributed by atoms with E-state index in [1.807, 2.05) is 24.3 Å². The summed E-state index contributed by atoms with van der Waals surface area (Å²) in [4.78, 5) is 26.3. The summed E-state index contributed by atoms with van der Waals surface area (Å²) in [6.07, 6.45) is 1.46. The lowest BCUT2D eigenvalue weighted by atomic mass is 10.0. The van der Waals surface area contributed by atoms with Crippen LogP contribution in [-0.2, 0) is 26.1 Å². The Morgan fingerprint density at radius 2 is 2.00 bits per heavy atom. The minimum absolute atomic E-state index is 0.178. The monoisotopic (exact) mass is 339 g/mol. The van der Waals surface area contributed by atoms with Gasteiger partial charge in [0.1, 0.15) is 6.04 Å². The van der Waals surface area contributed by atoms with Crippen LogP contribution < -0.4 is 11.1 Å². The second kappa shape index (κ2) is 6.80. The molecule has 1 atom stereocenters. The first kappa shape index (κ1) is 17.0. The second-order valence-corrected chi connectivity index (χ2v) is 6.69. The molecule has 0 saturated carbocycles. The Labute approximate surface area is 132 Å². The minimum Gasteiger partial charge on any atom is -0.368 e. The van der Waals surface area contributed by atoms with Crippen LogP contribution in [0.5, 0.6) is 0 Å². The molecule has 9 heteroatoms. The van der Waals surface area contributed by atoms with E-state index in [-0.39, 0.29) is 6.42 Å². The van der Waals surface area contributed by atoms with Crippen LogP contribution >= 0.6 is 0 Å². The number of rotatable bonds is 7. The molecule has 0 unspecified atom stereocenters. The molecule has 1 aromatic heterocycles. The third-order valence-corrected chi connectivity index (χ3v) is 4.08. The third-order valence-electron chi connectivity index (χ3n) is 3.36. The van der Waals surface area contributed by atoms with Crippen molar-refractivity contribution in [3.63, 3.8) is 0 Å². The number of carbonyl (C=O) groups is 2. The van der Waals surface area contributed by atoms with E-state index in [0.717, 1.165) is 16.5 Å². The molecule has 1 heterocycles. The highest BCUT2D eigenvalue weighted by molar-refractivity contribution is 7.85. The van der Waals surface area contributed by atoms with Gasteiger partial charge in [-0.25, -0.2) is 0 Å². The number of hydrogen-bond acceptors (Lipinski definition) is 4. The van der Waals surface area contributed by atoms with E-state index >= 15 is 0 Å². The second-order valence-electron chi connectivity index (χ2n) is 5.12. The number of para-hydroxylation sites is 1. The van der Waals surface area contributed by atoms with Gasteiger partial charge in [0.15, 0.2) is 0 Å². The lowest BCUT2D eigenvalue weighted by Gasteiger charge is -2.15. The molecule has 23 heavy (non-hydrogen) atoms. The van der Waals surface area contributed by atoms with Crippen LogP contribution in [0.15, 0.2) is 30.5 Å². The highest BCUT2D eigenvalue weighted by atomic mass is 32.2. The van der Waals surface area contributed by atoms with Gasteiger partial charge in [-0.1, -0.05) is 18.2 Å². The normalized spacial score (nSPS) is 12.9. The summed E-state index contributed by atoms with van der Waals surface area (Å²) in [5, 5.41) is 3.30. The maximum atomic E-state index is 11.7. The maximum absolute atomic E-state index is 11.7. The van der Waals surface area contributed by atoms with Crippen LogP contribution in [0.25, 0.3) is 10.9 Å². The van der Waals surface area contributed by atoms with E-state index < -0.39 is 40.1 Å². The zero-order valence-corrected chi connectivity index (χ0v) is 13.0. The van der Waals surface area contributed by atoms with Crippen molar-refractivity contribution in [1.82, 2.24) is 10.3 Å². The van der Waals surface area contributed by atoms with Crippen molar-refractivity contribution in [3.8, 4) is 0 Å². The SMILES string of the molecule is NC(=O)[C@H](Cc1c[nH]c2ccccc12)NC(=O)CCS(=O)(=O)O. The first-order chi connectivity index (χ1) is 10.8. The smallest absolute Gasteiger partial charge is 0.265 e. The first-order valence-corrected chi connectivity index (χ1v) is 8.46. The van der Waals surface area contributed by atoms with Crippen molar-refractivity contribution in [2.45, 2.75) is 18.9 Å². The third kappa shape index (κ3) is 4.80.